The molecule has 5 heteroatoms. The van der Waals surface area contributed by atoms with Gasteiger partial charge in [0.2, 0.25) is 0 Å². The van der Waals surface area contributed by atoms with E-state index in [0.29, 0.717) is 11.4 Å². The highest BCUT2D eigenvalue weighted by Crippen LogP contribution is 2.11. The van der Waals surface area contributed by atoms with Crippen LogP contribution in [-0.4, -0.2) is 16.9 Å². The van der Waals surface area contributed by atoms with Gasteiger partial charge in [0.1, 0.15) is 5.56 Å². The number of hydrogen-bond donors (Lipinski definition) is 2. The van der Waals surface area contributed by atoms with E-state index in [4.69, 9.17) is 11.6 Å². The highest BCUT2D eigenvalue weighted by atomic mass is 35.5. The molecule has 0 saturated carbocycles. The van der Waals surface area contributed by atoms with E-state index >= 15 is 0 Å². The molecule has 0 radical (unpaired) electrons. The molecule has 0 aliphatic rings. The fourth-order valence-electron chi connectivity index (χ4n) is 2.08. The standard InChI is InChI=1S/C16H17ClN2O2/c1-10-3-8-14(15(20)18-10)16(21)19-11(2)9-12-4-6-13(17)7-5-12/h3-8,11H,9H2,1-2H3,(H,18,20)(H,19,21). The van der Waals surface area contributed by atoms with Crippen LogP contribution < -0.4 is 10.9 Å². The van der Waals surface area contributed by atoms with Crippen LogP contribution >= 0.6 is 11.6 Å². The van der Waals surface area contributed by atoms with E-state index in [1.54, 1.807) is 19.1 Å². The lowest BCUT2D eigenvalue weighted by atomic mass is 10.1. The summed E-state index contributed by atoms with van der Waals surface area (Å²) in [4.78, 5) is 26.4. The van der Waals surface area contributed by atoms with Crippen LogP contribution in [0.4, 0.5) is 0 Å². The molecule has 0 aliphatic heterocycles. The van der Waals surface area contributed by atoms with Gasteiger partial charge < -0.3 is 10.3 Å². The van der Waals surface area contributed by atoms with Crippen LogP contribution in [0.1, 0.15) is 28.5 Å². The molecule has 1 aromatic heterocycles. The largest absolute Gasteiger partial charge is 0.349 e. The summed E-state index contributed by atoms with van der Waals surface area (Å²) in [5.41, 5.74) is 1.56. The predicted octanol–water partition coefficient (Wildman–Crippen LogP) is 2.70. The first-order valence-corrected chi connectivity index (χ1v) is 7.09. The number of rotatable bonds is 4. The summed E-state index contributed by atoms with van der Waals surface area (Å²) in [6, 6.07) is 10.6. The van der Waals surface area contributed by atoms with Gasteiger partial charge in [-0.3, -0.25) is 9.59 Å². The van der Waals surface area contributed by atoms with Crippen molar-refractivity contribution in [2.75, 3.05) is 0 Å². The Labute approximate surface area is 128 Å². The number of aromatic nitrogens is 1. The zero-order valence-electron chi connectivity index (χ0n) is 11.9. The number of aryl methyl sites for hydroxylation is 1. The summed E-state index contributed by atoms with van der Waals surface area (Å²) in [5, 5.41) is 3.51. The molecule has 2 rings (SSSR count). The fraction of sp³-hybridized carbons (Fsp3) is 0.250. The van der Waals surface area contributed by atoms with E-state index in [0.717, 1.165) is 11.3 Å². The van der Waals surface area contributed by atoms with Crippen molar-refractivity contribution in [1.82, 2.24) is 10.3 Å². The smallest absolute Gasteiger partial charge is 0.260 e. The molecule has 2 N–H and O–H groups in total. The molecule has 1 unspecified atom stereocenters. The van der Waals surface area contributed by atoms with Crippen LogP contribution in [0.15, 0.2) is 41.2 Å². The summed E-state index contributed by atoms with van der Waals surface area (Å²) in [5.74, 6) is -0.363. The zero-order valence-corrected chi connectivity index (χ0v) is 12.7. The molecule has 1 atom stereocenters. The molecule has 0 saturated heterocycles. The number of nitrogens with one attached hydrogen (secondary N) is 2. The van der Waals surface area contributed by atoms with Gasteiger partial charge in [-0.1, -0.05) is 23.7 Å². The van der Waals surface area contributed by atoms with E-state index in [9.17, 15) is 9.59 Å². The van der Waals surface area contributed by atoms with Gasteiger partial charge in [-0.05, 0) is 50.1 Å². The van der Waals surface area contributed by atoms with E-state index in [-0.39, 0.29) is 23.1 Å². The van der Waals surface area contributed by atoms with Crippen molar-refractivity contribution >= 4 is 17.5 Å². The molecule has 4 nitrogen and oxygen atoms in total. The van der Waals surface area contributed by atoms with Crippen molar-refractivity contribution in [1.29, 1.82) is 0 Å². The maximum absolute atomic E-state index is 12.1. The third-order valence-electron chi connectivity index (χ3n) is 3.13. The quantitative estimate of drug-likeness (QED) is 0.912. The van der Waals surface area contributed by atoms with E-state index in [1.807, 2.05) is 31.2 Å². The van der Waals surface area contributed by atoms with Crippen molar-refractivity contribution in [2.24, 2.45) is 0 Å². The molecule has 21 heavy (non-hydrogen) atoms. The first-order chi connectivity index (χ1) is 9.95. The Hall–Kier alpha value is -2.07. The lowest BCUT2D eigenvalue weighted by Crippen LogP contribution is -2.37. The van der Waals surface area contributed by atoms with Crippen molar-refractivity contribution in [3.05, 3.63) is 68.6 Å². The first-order valence-electron chi connectivity index (χ1n) is 6.71. The molecule has 0 bridgehead atoms. The molecule has 0 spiro atoms. The van der Waals surface area contributed by atoms with E-state index in [2.05, 4.69) is 10.3 Å². The molecule has 1 heterocycles. The lowest BCUT2D eigenvalue weighted by Gasteiger charge is -2.14. The first kappa shape index (κ1) is 15.3. The molecule has 2 aromatic rings. The molecule has 1 amide bonds. The van der Waals surface area contributed by atoms with Crippen molar-refractivity contribution in [3.8, 4) is 0 Å². The topological polar surface area (TPSA) is 62.0 Å². The Morgan fingerprint density at radius 3 is 2.52 bits per heavy atom. The maximum Gasteiger partial charge on any atom is 0.260 e. The summed E-state index contributed by atoms with van der Waals surface area (Å²) >= 11 is 5.83. The van der Waals surface area contributed by atoms with Crippen molar-refractivity contribution in [2.45, 2.75) is 26.3 Å². The van der Waals surface area contributed by atoms with Crippen molar-refractivity contribution < 1.29 is 4.79 Å². The van der Waals surface area contributed by atoms with Crippen LogP contribution in [0.2, 0.25) is 5.02 Å². The Morgan fingerprint density at radius 2 is 1.90 bits per heavy atom. The maximum atomic E-state index is 12.1. The van der Waals surface area contributed by atoms with Gasteiger partial charge in [0.15, 0.2) is 0 Å². The third kappa shape index (κ3) is 4.20. The summed E-state index contributed by atoms with van der Waals surface area (Å²) in [6.07, 6.45) is 0.673. The average Bonchev–Trinajstić information content (AvgIpc) is 2.41. The van der Waals surface area contributed by atoms with Gasteiger partial charge in [0, 0.05) is 16.8 Å². The Bertz CT molecular complexity index is 692. The Balaban J connectivity index is 2.01. The second-order valence-corrected chi connectivity index (χ2v) is 5.53. The highest BCUT2D eigenvalue weighted by Gasteiger charge is 2.13. The molecule has 110 valence electrons. The number of hydrogen-bond acceptors (Lipinski definition) is 2. The van der Waals surface area contributed by atoms with Gasteiger partial charge in [-0.25, -0.2) is 0 Å². The minimum atomic E-state index is -0.369. The fourth-order valence-corrected chi connectivity index (χ4v) is 2.20. The van der Waals surface area contributed by atoms with Gasteiger partial charge in [-0.15, -0.1) is 0 Å². The normalized spacial score (nSPS) is 12.0. The molecule has 0 aliphatic carbocycles. The Morgan fingerprint density at radius 1 is 1.24 bits per heavy atom. The minimum Gasteiger partial charge on any atom is -0.349 e. The van der Waals surface area contributed by atoms with Gasteiger partial charge in [0.25, 0.3) is 11.5 Å². The number of amides is 1. The van der Waals surface area contributed by atoms with Crippen LogP contribution in [0.5, 0.6) is 0 Å². The van der Waals surface area contributed by atoms with Crippen LogP contribution in [0.3, 0.4) is 0 Å². The van der Waals surface area contributed by atoms with Gasteiger partial charge >= 0.3 is 0 Å². The van der Waals surface area contributed by atoms with Gasteiger partial charge in [0.05, 0.1) is 0 Å². The second kappa shape index (κ2) is 6.59. The molecular weight excluding hydrogens is 288 g/mol. The molecular formula is C16H17ClN2O2. The molecule has 0 fully saturated rings. The summed E-state index contributed by atoms with van der Waals surface area (Å²) < 4.78 is 0. The second-order valence-electron chi connectivity index (χ2n) is 5.09. The number of carbonyl (C=O) groups excluding carboxylic acids is 1. The highest BCUT2D eigenvalue weighted by molar-refractivity contribution is 6.30. The summed E-state index contributed by atoms with van der Waals surface area (Å²) in [6.45, 7) is 3.67. The molecule has 1 aromatic carbocycles. The van der Waals surface area contributed by atoms with Crippen LogP contribution in [0, 0.1) is 6.92 Å². The third-order valence-corrected chi connectivity index (χ3v) is 3.38. The average molecular weight is 305 g/mol. The lowest BCUT2D eigenvalue weighted by molar-refractivity contribution is 0.0938. The van der Waals surface area contributed by atoms with E-state index in [1.165, 1.54) is 0 Å². The van der Waals surface area contributed by atoms with E-state index < -0.39 is 0 Å². The van der Waals surface area contributed by atoms with Crippen LogP contribution in [0.25, 0.3) is 0 Å². The number of pyridine rings is 1. The number of carbonyl (C=O) groups is 1. The number of benzene rings is 1. The SMILES string of the molecule is Cc1ccc(C(=O)NC(C)Cc2ccc(Cl)cc2)c(=O)[nH]1. The van der Waals surface area contributed by atoms with Gasteiger partial charge in [-0.2, -0.15) is 0 Å². The zero-order chi connectivity index (χ0) is 15.4. The summed E-state index contributed by atoms with van der Waals surface area (Å²) in [7, 11) is 0. The Kier molecular flexibility index (Phi) is 4.81. The number of halogens is 1. The number of H-pyrrole nitrogens is 1. The predicted molar refractivity (Wildman–Crippen MR) is 83.9 cm³/mol. The number of aromatic amines is 1. The monoisotopic (exact) mass is 304 g/mol. The minimum absolute atomic E-state index is 0.0839. The van der Waals surface area contributed by atoms with Crippen molar-refractivity contribution in [3.63, 3.8) is 0 Å². The van der Waals surface area contributed by atoms with Crippen LogP contribution in [-0.2, 0) is 6.42 Å².